The van der Waals surface area contributed by atoms with E-state index in [1.807, 2.05) is 0 Å². The van der Waals surface area contributed by atoms with Crippen LogP contribution in [0.25, 0.3) is 0 Å². The summed E-state index contributed by atoms with van der Waals surface area (Å²) in [4.78, 5) is 22.7. The number of ether oxygens (including phenoxy) is 2. The van der Waals surface area contributed by atoms with Gasteiger partial charge in [0, 0.05) is 12.8 Å². The van der Waals surface area contributed by atoms with Crippen molar-refractivity contribution in [3.05, 3.63) is 24.3 Å². The number of esters is 2. The van der Waals surface area contributed by atoms with Crippen LogP contribution in [0.2, 0.25) is 0 Å². The van der Waals surface area contributed by atoms with E-state index in [1.165, 1.54) is 96.3 Å². The number of cyclic esters (lactones) is 2. The highest BCUT2D eigenvalue weighted by Crippen LogP contribution is 2.12. The van der Waals surface area contributed by atoms with Gasteiger partial charge in [-0.25, -0.2) is 0 Å². The third-order valence-electron chi connectivity index (χ3n) is 6.41. The Morgan fingerprint density at radius 1 is 0.382 bits per heavy atom. The molecule has 0 atom stereocenters. The lowest BCUT2D eigenvalue weighted by atomic mass is 10.1. The van der Waals surface area contributed by atoms with E-state index in [0.717, 1.165) is 32.1 Å². The minimum Gasteiger partial charge on any atom is -0.466 e. The van der Waals surface area contributed by atoms with E-state index < -0.39 is 0 Å². The van der Waals surface area contributed by atoms with Crippen molar-refractivity contribution in [2.75, 3.05) is 13.2 Å². The molecule has 0 radical (unpaired) electrons. The van der Waals surface area contributed by atoms with Crippen LogP contribution in [0.3, 0.4) is 0 Å². The maximum atomic E-state index is 11.3. The Kier molecular flexibility index (Phi) is 22.0. The van der Waals surface area contributed by atoms with E-state index in [4.69, 9.17) is 9.47 Å². The smallest absolute Gasteiger partial charge is 0.305 e. The molecular formula is C30H52O4. The molecule has 0 aromatic heterocycles. The molecule has 2 aliphatic rings. The van der Waals surface area contributed by atoms with Gasteiger partial charge in [-0.05, 0) is 57.8 Å². The molecule has 0 bridgehead atoms. The van der Waals surface area contributed by atoms with Crippen molar-refractivity contribution in [2.24, 2.45) is 0 Å². The summed E-state index contributed by atoms with van der Waals surface area (Å²) in [7, 11) is 0. The highest BCUT2D eigenvalue weighted by molar-refractivity contribution is 5.69. The van der Waals surface area contributed by atoms with Crippen molar-refractivity contribution < 1.29 is 19.1 Å². The fourth-order valence-electron chi connectivity index (χ4n) is 4.25. The zero-order chi connectivity index (χ0) is 24.4. The lowest BCUT2D eigenvalue weighted by Crippen LogP contribution is -2.05. The Bertz CT molecular complexity index is 538. The summed E-state index contributed by atoms with van der Waals surface area (Å²) in [5.74, 6) is -0.0356. The van der Waals surface area contributed by atoms with E-state index in [-0.39, 0.29) is 11.9 Å². The molecule has 0 amide bonds. The first kappa shape index (κ1) is 30.5. The predicted octanol–water partition coefficient (Wildman–Crippen LogP) is 8.78. The molecule has 4 nitrogen and oxygen atoms in total. The minimum atomic E-state index is -0.0227. The van der Waals surface area contributed by atoms with Crippen molar-refractivity contribution >= 4 is 11.9 Å². The van der Waals surface area contributed by atoms with Gasteiger partial charge >= 0.3 is 11.9 Å². The molecule has 0 fully saturated rings. The summed E-state index contributed by atoms with van der Waals surface area (Å²) in [5.41, 5.74) is 0. The molecule has 0 aromatic rings. The molecule has 0 unspecified atom stereocenters. The van der Waals surface area contributed by atoms with E-state index in [9.17, 15) is 9.59 Å². The summed E-state index contributed by atoms with van der Waals surface area (Å²) in [6.07, 6.45) is 34.2. The molecular weight excluding hydrogens is 424 g/mol. The van der Waals surface area contributed by atoms with Crippen molar-refractivity contribution in [2.45, 2.75) is 141 Å². The highest BCUT2D eigenvalue weighted by Gasteiger charge is 2.03. The topological polar surface area (TPSA) is 52.6 Å². The van der Waals surface area contributed by atoms with Crippen LogP contribution in [0.15, 0.2) is 24.3 Å². The van der Waals surface area contributed by atoms with Crippen molar-refractivity contribution in [1.82, 2.24) is 0 Å². The molecule has 2 heterocycles. The summed E-state index contributed by atoms with van der Waals surface area (Å²) < 4.78 is 10.3. The summed E-state index contributed by atoms with van der Waals surface area (Å²) in [6, 6.07) is 0. The van der Waals surface area contributed by atoms with Crippen LogP contribution >= 0.6 is 0 Å². The van der Waals surface area contributed by atoms with Crippen LogP contribution in [0.5, 0.6) is 0 Å². The van der Waals surface area contributed by atoms with Gasteiger partial charge in [0.2, 0.25) is 0 Å². The first-order chi connectivity index (χ1) is 16.8. The van der Waals surface area contributed by atoms with Gasteiger partial charge in [0.25, 0.3) is 0 Å². The first-order valence-corrected chi connectivity index (χ1v) is 14.4. The largest absolute Gasteiger partial charge is 0.466 e. The summed E-state index contributed by atoms with van der Waals surface area (Å²) >= 11 is 0. The van der Waals surface area contributed by atoms with Crippen molar-refractivity contribution in [3.63, 3.8) is 0 Å². The minimum absolute atomic E-state index is 0.0129. The SMILES string of the molecule is O=C1CCCCCCCCCC=CCCCO1.O=C1CCCCCCCCCCC=CCCO1. The second-order valence-electron chi connectivity index (χ2n) is 9.70. The fraction of sp³-hybridized carbons (Fsp3) is 0.800. The van der Waals surface area contributed by atoms with Crippen LogP contribution in [-0.2, 0) is 19.1 Å². The second-order valence-corrected chi connectivity index (χ2v) is 9.70. The number of hydrogen-bond donors (Lipinski definition) is 0. The molecule has 34 heavy (non-hydrogen) atoms. The third-order valence-corrected chi connectivity index (χ3v) is 6.41. The van der Waals surface area contributed by atoms with Crippen LogP contribution in [-0.4, -0.2) is 25.2 Å². The number of allylic oxidation sites excluding steroid dienone is 3. The Morgan fingerprint density at radius 2 is 0.735 bits per heavy atom. The maximum absolute atomic E-state index is 11.3. The molecule has 0 saturated heterocycles. The van der Waals surface area contributed by atoms with Gasteiger partial charge in [0.05, 0.1) is 13.2 Å². The zero-order valence-electron chi connectivity index (χ0n) is 21.9. The van der Waals surface area contributed by atoms with Gasteiger partial charge in [-0.15, -0.1) is 0 Å². The Labute approximate surface area is 209 Å². The monoisotopic (exact) mass is 476 g/mol. The van der Waals surface area contributed by atoms with Crippen LogP contribution in [0.1, 0.15) is 141 Å². The van der Waals surface area contributed by atoms with Gasteiger partial charge in [-0.2, -0.15) is 0 Å². The molecule has 0 saturated carbocycles. The number of carbonyl (C=O) groups is 2. The third kappa shape index (κ3) is 22.2. The van der Waals surface area contributed by atoms with E-state index >= 15 is 0 Å². The normalized spacial score (nSPS) is 22.0. The van der Waals surface area contributed by atoms with Crippen LogP contribution < -0.4 is 0 Å². The van der Waals surface area contributed by atoms with E-state index in [1.54, 1.807) is 0 Å². The molecule has 196 valence electrons. The Morgan fingerprint density at radius 3 is 1.24 bits per heavy atom. The fourth-order valence-corrected chi connectivity index (χ4v) is 4.25. The maximum Gasteiger partial charge on any atom is 0.305 e. The quantitative estimate of drug-likeness (QED) is 0.259. The van der Waals surface area contributed by atoms with Crippen molar-refractivity contribution in [1.29, 1.82) is 0 Å². The lowest BCUT2D eigenvalue weighted by molar-refractivity contribution is -0.144. The first-order valence-electron chi connectivity index (χ1n) is 14.4. The standard InChI is InChI=1S/2C15H26O2/c2*16-15-13-11-9-7-5-3-1-2-4-6-8-10-12-14-17-15/h8,10H,1-7,9,11-14H2;6,8H,1-5,7,9-14H2. The molecule has 0 spiro atoms. The molecule has 0 aliphatic carbocycles. The molecule has 0 N–H and O–H groups in total. The predicted molar refractivity (Wildman–Crippen MR) is 142 cm³/mol. The summed E-state index contributed by atoms with van der Waals surface area (Å²) in [5, 5.41) is 0. The van der Waals surface area contributed by atoms with Crippen LogP contribution in [0, 0.1) is 0 Å². The molecule has 2 rings (SSSR count). The van der Waals surface area contributed by atoms with Gasteiger partial charge in [-0.3, -0.25) is 9.59 Å². The molecule has 0 aromatic carbocycles. The Balaban J connectivity index is 0.000000340. The second kappa shape index (κ2) is 24.5. The Hall–Kier alpha value is -1.58. The molecule has 4 heteroatoms. The average molecular weight is 477 g/mol. The van der Waals surface area contributed by atoms with Gasteiger partial charge in [0.15, 0.2) is 0 Å². The van der Waals surface area contributed by atoms with E-state index in [2.05, 4.69) is 24.3 Å². The van der Waals surface area contributed by atoms with Gasteiger partial charge in [-0.1, -0.05) is 94.9 Å². The highest BCUT2D eigenvalue weighted by atomic mass is 16.5. The zero-order valence-corrected chi connectivity index (χ0v) is 21.9. The summed E-state index contributed by atoms with van der Waals surface area (Å²) in [6.45, 7) is 1.14. The van der Waals surface area contributed by atoms with Crippen molar-refractivity contribution in [3.8, 4) is 0 Å². The number of hydrogen-bond acceptors (Lipinski definition) is 4. The number of rotatable bonds is 0. The van der Waals surface area contributed by atoms with Crippen LogP contribution in [0.4, 0.5) is 0 Å². The van der Waals surface area contributed by atoms with Gasteiger partial charge in [0.1, 0.15) is 0 Å². The lowest BCUT2D eigenvalue weighted by Gasteiger charge is -2.05. The van der Waals surface area contributed by atoms with E-state index in [0.29, 0.717) is 26.1 Å². The number of carbonyl (C=O) groups excluding carboxylic acids is 2. The molecule has 2 aliphatic heterocycles. The average Bonchev–Trinajstić information content (AvgIpc) is 2.83. The van der Waals surface area contributed by atoms with Gasteiger partial charge < -0.3 is 9.47 Å².